The molecule has 1 nitrogen and oxygen atoms in total. The lowest BCUT2D eigenvalue weighted by Crippen LogP contribution is -2.13. The molecule has 20 heavy (non-hydrogen) atoms. The second-order valence-corrected chi connectivity index (χ2v) is 5.72. The Morgan fingerprint density at radius 2 is 2.05 bits per heavy atom. The summed E-state index contributed by atoms with van der Waals surface area (Å²) in [7, 11) is 0. The lowest BCUT2D eigenvalue weighted by Gasteiger charge is -2.28. The van der Waals surface area contributed by atoms with Gasteiger partial charge >= 0.3 is 0 Å². The van der Waals surface area contributed by atoms with Crippen LogP contribution in [0.5, 0.6) is 0 Å². The van der Waals surface area contributed by atoms with Gasteiger partial charge in [-0.05, 0) is 75.0 Å². The third-order valence-corrected chi connectivity index (χ3v) is 4.41. The standard InChI is InChI=1S/C18H22FN/c1-2-3-4-5-14-6-8-15(9-7-14)16-10-11-17(13-20)18(19)12-16/h2-3,10-12,14-15H,4-9H2,1H3/b3-2+/t14-,15-. The largest absolute Gasteiger partial charge is 0.206 e. The van der Waals surface area contributed by atoms with Gasteiger partial charge < -0.3 is 0 Å². The Balaban J connectivity index is 1.90. The lowest BCUT2D eigenvalue weighted by atomic mass is 9.77. The van der Waals surface area contributed by atoms with Crippen LogP contribution < -0.4 is 0 Å². The van der Waals surface area contributed by atoms with Gasteiger partial charge in [0.1, 0.15) is 11.9 Å². The molecule has 1 saturated carbocycles. The maximum absolute atomic E-state index is 13.7. The number of benzene rings is 1. The van der Waals surface area contributed by atoms with Gasteiger partial charge in [0.15, 0.2) is 0 Å². The number of hydrogen-bond donors (Lipinski definition) is 0. The number of nitriles is 1. The van der Waals surface area contributed by atoms with Gasteiger partial charge in [0, 0.05) is 0 Å². The maximum Gasteiger partial charge on any atom is 0.141 e. The summed E-state index contributed by atoms with van der Waals surface area (Å²) in [5.74, 6) is 0.918. The molecular formula is C18H22FN. The second kappa shape index (κ2) is 7.24. The monoisotopic (exact) mass is 271 g/mol. The molecule has 2 rings (SSSR count). The molecule has 1 aliphatic carbocycles. The van der Waals surface area contributed by atoms with E-state index < -0.39 is 0 Å². The van der Waals surface area contributed by atoms with Crippen molar-refractivity contribution in [2.45, 2.75) is 51.4 Å². The molecule has 0 heterocycles. The van der Waals surface area contributed by atoms with E-state index in [4.69, 9.17) is 5.26 Å². The molecule has 0 N–H and O–H groups in total. The first-order chi connectivity index (χ1) is 9.74. The first kappa shape index (κ1) is 14.8. The molecule has 1 fully saturated rings. The van der Waals surface area contributed by atoms with Crippen molar-refractivity contribution in [2.75, 3.05) is 0 Å². The Hall–Kier alpha value is -1.62. The Labute approximate surface area is 121 Å². The Bertz CT molecular complexity index is 505. The van der Waals surface area contributed by atoms with Gasteiger partial charge in [0.25, 0.3) is 0 Å². The molecule has 0 spiro atoms. The molecule has 0 radical (unpaired) electrons. The fourth-order valence-electron chi connectivity index (χ4n) is 3.16. The van der Waals surface area contributed by atoms with Crippen molar-refractivity contribution in [1.29, 1.82) is 5.26 Å². The minimum atomic E-state index is -0.375. The highest BCUT2D eigenvalue weighted by molar-refractivity contribution is 5.34. The van der Waals surface area contributed by atoms with E-state index in [-0.39, 0.29) is 11.4 Å². The fourth-order valence-corrected chi connectivity index (χ4v) is 3.16. The highest BCUT2D eigenvalue weighted by Gasteiger charge is 2.22. The summed E-state index contributed by atoms with van der Waals surface area (Å²) in [5, 5.41) is 8.76. The van der Waals surface area contributed by atoms with Gasteiger partial charge in [-0.3, -0.25) is 0 Å². The molecule has 0 saturated heterocycles. The minimum Gasteiger partial charge on any atom is -0.206 e. The average molecular weight is 271 g/mol. The van der Waals surface area contributed by atoms with Crippen molar-refractivity contribution in [3.05, 3.63) is 47.3 Å². The van der Waals surface area contributed by atoms with Gasteiger partial charge in [-0.15, -0.1) is 0 Å². The van der Waals surface area contributed by atoms with Gasteiger partial charge in [-0.1, -0.05) is 18.2 Å². The molecule has 0 amide bonds. The molecule has 0 atom stereocenters. The summed E-state index contributed by atoms with van der Waals surface area (Å²) in [5.41, 5.74) is 1.21. The van der Waals surface area contributed by atoms with Crippen molar-refractivity contribution in [3.8, 4) is 6.07 Å². The van der Waals surface area contributed by atoms with E-state index in [0.717, 1.165) is 24.3 Å². The van der Waals surface area contributed by atoms with E-state index in [0.29, 0.717) is 5.92 Å². The summed E-state index contributed by atoms with van der Waals surface area (Å²) in [6.45, 7) is 2.07. The van der Waals surface area contributed by atoms with Crippen LogP contribution in [0.1, 0.15) is 62.5 Å². The SMILES string of the molecule is C/C=C/CC[C@H]1CC[C@H](c2ccc(C#N)c(F)c2)CC1. The predicted octanol–water partition coefficient (Wildman–Crippen LogP) is 5.33. The van der Waals surface area contributed by atoms with Crippen molar-refractivity contribution >= 4 is 0 Å². The zero-order chi connectivity index (χ0) is 14.4. The van der Waals surface area contributed by atoms with E-state index in [9.17, 15) is 4.39 Å². The summed E-state index contributed by atoms with van der Waals surface area (Å²) >= 11 is 0. The van der Waals surface area contributed by atoms with Crippen LogP contribution >= 0.6 is 0 Å². The van der Waals surface area contributed by atoms with Gasteiger partial charge in [-0.25, -0.2) is 4.39 Å². The third kappa shape index (κ3) is 3.70. The second-order valence-electron chi connectivity index (χ2n) is 5.72. The Kier molecular flexibility index (Phi) is 5.35. The number of allylic oxidation sites excluding steroid dienone is 2. The molecule has 106 valence electrons. The van der Waals surface area contributed by atoms with Crippen LogP contribution in [0, 0.1) is 23.1 Å². The third-order valence-electron chi connectivity index (χ3n) is 4.41. The number of nitrogens with zero attached hydrogens (tertiary/aromatic N) is 1. The highest BCUT2D eigenvalue weighted by atomic mass is 19.1. The van der Waals surface area contributed by atoms with E-state index in [2.05, 4.69) is 19.1 Å². The Morgan fingerprint density at radius 1 is 1.30 bits per heavy atom. The lowest BCUT2D eigenvalue weighted by molar-refractivity contribution is 0.311. The van der Waals surface area contributed by atoms with Crippen molar-refractivity contribution in [2.24, 2.45) is 5.92 Å². The van der Waals surface area contributed by atoms with Gasteiger partial charge in [-0.2, -0.15) is 5.26 Å². The van der Waals surface area contributed by atoms with Crippen molar-refractivity contribution < 1.29 is 4.39 Å². The summed E-state index contributed by atoms with van der Waals surface area (Å²) in [4.78, 5) is 0. The van der Waals surface area contributed by atoms with Crippen LogP contribution in [0.3, 0.4) is 0 Å². The molecule has 0 unspecified atom stereocenters. The van der Waals surface area contributed by atoms with Crippen LogP contribution in [0.15, 0.2) is 30.4 Å². The topological polar surface area (TPSA) is 23.8 Å². The van der Waals surface area contributed by atoms with E-state index in [1.807, 2.05) is 12.1 Å². The minimum absolute atomic E-state index is 0.147. The number of halogens is 1. The Morgan fingerprint density at radius 3 is 2.65 bits per heavy atom. The highest BCUT2D eigenvalue weighted by Crippen LogP contribution is 2.37. The maximum atomic E-state index is 13.7. The summed E-state index contributed by atoms with van der Waals surface area (Å²) in [6, 6.07) is 6.98. The van der Waals surface area contributed by atoms with E-state index in [1.165, 1.54) is 25.7 Å². The number of rotatable bonds is 4. The average Bonchev–Trinajstić information content (AvgIpc) is 2.48. The molecule has 0 bridgehead atoms. The van der Waals surface area contributed by atoms with Crippen LogP contribution in [-0.2, 0) is 0 Å². The van der Waals surface area contributed by atoms with Crippen LogP contribution in [0.2, 0.25) is 0 Å². The molecule has 2 heteroatoms. The zero-order valence-corrected chi connectivity index (χ0v) is 12.1. The molecule has 0 aromatic heterocycles. The smallest absolute Gasteiger partial charge is 0.141 e. The van der Waals surface area contributed by atoms with E-state index >= 15 is 0 Å². The van der Waals surface area contributed by atoms with Crippen molar-refractivity contribution in [1.82, 2.24) is 0 Å². The van der Waals surface area contributed by atoms with Gasteiger partial charge in [0.2, 0.25) is 0 Å². The van der Waals surface area contributed by atoms with Gasteiger partial charge in [0.05, 0.1) is 5.56 Å². The summed E-state index contributed by atoms with van der Waals surface area (Å²) in [6.07, 6.45) is 11.6. The summed E-state index contributed by atoms with van der Waals surface area (Å²) < 4.78 is 13.7. The van der Waals surface area contributed by atoms with Crippen molar-refractivity contribution in [3.63, 3.8) is 0 Å². The van der Waals surface area contributed by atoms with E-state index in [1.54, 1.807) is 12.1 Å². The molecule has 1 aromatic carbocycles. The molecular weight excluding hydrogens is 249 g/mol. The first-order valence-corrected chi connectivity index (χ1v) is 7.55. The normalized spacial score (nSPS) is 22.9. The quantitative estimate of drug-likeness (QED) is 0.679. The van der Waals surface area contributed by atoms with Crippen LogP contribution in [0.4, 0.5) is 4.39 Å². The predicted molar refractivity (Wildman–Crippen MR) is 79.9 cm³/mol. The van der Waals surface area contributed by atoms with Crippen LogP contribution in [-0.4, -0.2) is 0 Å². The number of hydrogen-bond acceptors (Lipinski definition) is 1. The molecule has 0 aliphatic heterocycles. The molecule has 1 aliphatic rings. The molecule has 1 aromatic rings. The zero-order valence-electron chi connectivity index (χ0n) is 12.1. The van der Waals surface area contributed by atoms with Crippen LogP contribution in [0.25, 0.3) is 0 Å². The fraction of sp³-hybridized carbons (Fsp3) is 0.500. The first-order valence-electron chi connectivity index (χ1n) is 7.55.